The van der Waals surface area contributed by atoms with Gasteiger partial charge in [0.25, 0.3) is 0 Å². The zero-order valence-electron chi connectivity index (χ0n) is 26.8. The second-order valence-electron chi connectivity index (χ2n) is 11.5. The van der Waals surface area contributed by atoms with Crippen molar-refractivity contribution in [1.82, 2.24) is 9.97 Å². The SMILES string of the molecule is CC(C)(C)N(O)c1cccc(-c2ccccc2)n1.CN(C)c1cc(-c2ccccc2)nc(N(O)C(C)(C)C)c1.[CH3-].[CH3-].[Zr+2]. The van der Waals surface area contributed by atoms with Gasteiger partial charge in [0.15, 0.2) is 11.6 Å². The first-order chi connectivity index (χ1) is 18.3. The Morgan fingerprint density at radius 2 is 0.976 bits per heavy atom. The molecular formula is C34H47N5O2Zr. The van der Waals surface area contributed by atoms with E-state index in [2.05, 4.69) is 9.97 Å². The number of nitrogens with zero attached hydrogens (tertiary/aromatic N) is 5. The van der Waals surface area contributed by atoms with Crippen molar-refractivity contribution in [2.75, 3.05) is 29.1 Å². The Morgan fingerprint density at radius 3 is 1.43 bits per heavy atom. The van der Waals surface area contributed by atoms with E-state index in [1.165, 1.54) is 10.1 Å². The van der Waals surface area contributed by atoms with Crippen LogP contribution >= 0.6 is 0 Å². The number of aromatic nitrogens is 2. The average molecular weight is 649 g/mol. The van der Waals surface area contributed by atoms with Gasteiger partial charge in [0.05, 0.1) is 22.5 Å². The molecule has 0 spiro atoms. The van der Waals surface area contributed by atoms with Crippen LogP contribution in [0.1, 0.15) is 41.5 Å². The summed E-state index contributed by atoms with van der Waals surface area (Å²) in [6.07, 6.45) is 0. The van der Waals surface area contributed by atoms with Crippen molar-refractivity contribution >= 4 is 17.3 Å². The molecule has 8 heteroatoms. The molecule has 0 aliphatic heterocycles. The Kier molecular flexibility index (Phi) is 15.3. The van der Waals surface area contributed by atoms with Crippen molar-refractivity contribution in [2.45, 2.75) is 52.6 Å². The first-order valence-corrected chi connectivity index (χ1v) is 13.0. The number of hydroxylamine groups is 2. The second kappa shape index (κ2) is 16.5. The molecule has 0 unspecified atom stereocenters. The zero-order valence-corrected chi connectivity index (χ0v) is 29.2. The molecule has 0 bridgehead atoms. The maximum absolute atomic E-state index is 10.4. The standard InChI is InChI=1S/C17H23N3O.C15H18N2O.2CH3.Zr/c1-17(2,3)20(21)16-12-14(19(4)5)11-15(18-16)13-9-7-6-8-10-13;1-15(2,3)17(18)14-11-7-10-13(16-14)12-8-5-4-6-9-12;;;/h6-12,21H,1-5H3;4-11,18H,1-3H3;2*1H3;/q;;2*-1;+2. The average Bonchev–Trinajstić information content (AvgIpc) is 2.92. The second-order valence-corrected chi connectivity index (χ2v) is 11.5. The quantitative estimate of drug-likeness (QED) is 0.166. The largest absolute Gasteiger partial charge is 2.00 e. The molecule has 4 aromatic rings. The minimum atomic E-state index is -0.411. The van der Waals surface area contributed by atoms with Crippen LogP contribution < -0.4 is 15.0 Å². The van der Waals surface area contributed by atoms with Crippen LogP contribution in [0.3, 0.4) is 0 Å². The van der Waals surface area contributed by atoms with Crippen molar-refractivity contribution < 1.29 is 36.6 Å². The molecule has 0 aliphatic carbocycles. The van der Waals surface area contributed by atoms with Crippen LogP contribution in [0.25, 0.3) is 22.5 Å². The number of rotatable bonds is 5. The molecule has 0 saturated carbocycles. The first kappa shape index (κ1) is 38.9. The topological polar surface area (TPSA) is 76.0 Å². The molecule has 224 valence electrons. The molecule has 0 saturated heterocycles. The van der Waals surface area contributed by atoms with E-state index in [9.17, 15) is 10.4 Å². The maximum atomic E-state index is 10.4. The number of anilines is 3. The van der Waals surface area contributed by atoms with Gasteiger partial charge in [-0.1, -0.05) is 66.7 Å². The third-order valence-corrected chi connectivity index (χ3v) is 5.89. The van der Waals surface area contributed by atoms with Gasteiger partial charge < -0.3 is 19.8 Å². The Morgan fingerprint density at radius 1 is 0.548 bits per heavy atom. The monoisotopic (exact) mass is 647 g/mol. The molecule has 2 aromatic carbocycles. The Labute approximate surface area is 272 Å². The van der Waals surface area contributed by atoms with Gasteiger partial charge in [0.1, 0.15) is 0 Å². The summed E-state index contributed by atoms with van der Waals surface area (Å²) in [5, 5.41) is 22.9. The van der Waals surface area contributed by atoms with Crippen molar-refractivity contribution in [3.63, 3.8) is 0 Å². The van der Waals surface area contributed by atoms with Crippen molar-refractivity contribution in [3.8, 4) is 22.5 Å². The minimum Gasteiger partial charge on any atom is -0.377 e. The molecule has 0 amide bonds. The number of benzene rings is 2. The first-order valence-electron chi connectivity index (χ1n) is 13.0. The molecule has 2 N–H and O–H groups in total. The summed E-state index contributed by atoms with van der Waals surface area (Å²) in [5.74, 6) is 1.11. The summed E-state index contributed by atoms with van der Waals surface area (Å²) < 4.78 is 0. The van der Waals surface area contributed by atoms with Crippen molar-refractivity contribution in [3.05, 3.63) is 106 Å². The minimum absolute atomic E-state index is 0. The van der Waals surface area contributed by atoms with Gasteiger partial charge in [-0.25, -0.2) is 20.1 Å². The van der Waals surface area contributed by atoms with E-state index >= 15 is 0 Å². The van der Waals surface area contributed by atoms with Crippen LogP contribution in [0.5, 0.6) is 0 Å². The van der Waals surface area contributed by atoms with E-state index in [4.69, 9.17) is 0 Å². The predicted octanol–water partition coefficient (Wildman–Crippen LogP) is 8.45. The van der Waals surface area contributed by atoms with Crippen LogP contribution in [0, 0.1) is 14.9 Å². The van der Waals surface area contributed by atoms with Crippen molar-refractivity contribution in [2.24, 2.45) is 0 Å². The predicted molar refractivity (Wildman–Crippen MR) is 175 cm³/mol. The number of pyridine rings is 2. The Balaban J connectivity index is 0.000000754. The fraction of sp³-hybridized carbons (Fsp3) is 0.294. The zero-order chi connectivity index (χ0) is 28.8. The van der Waals surface area contributed by atoms with Gasteiger partial charge in [-0.2, -0.15) is 0 Å². The van der Waals surface area contributed by atoms with Crippen LogP contribution in [0.2, 0.25) is 0 Å². The summed E-state index contributed by atoms with van der Waals surface area (Å²) in [4.78, 5) is 11.1. The van der Waals surface area contributed by atoms with Crippen LogP contribution in [-0.4, -0.2) is 45.6 Å². The van der Waals surface area contributed by atoms with Crippen LogP contribution in [0.4, 0.5) is 17.3 Å². The molecule has 0 atom stereocenters. The molecule has 2 heterocycles. The Hall–Kier alpha value is -3.06. The number of hydrogen-bond donors (Lipinski definition) is 2. The smallest absolute Gasteiger partial charge is 0.377 e. The summed E-state index contributed by atoms with van der Waals surface area (Å²) >= 11 is 0. The normalized spacial score (nSPS) is 10.5. The molecule has 7 nitrogen and oxygen atoms in total. The third-order valence-electron chi connectivity index (χ3n) is 5.89. The van der Waals surface area contributed by atoms with Gasteiger partial charge in [-0.05, 0) is 59.7 Å². The summed E-state index contributed by atoms with van der Waals surface area (Å²) in [6.45, 7) is 11.6. The molecule has 0 aliphatic rings. The van der Waals surface area contributed by atoms with E-state index in [1.807, 2.05) is 145 Å². The van der Waals surface area contributed by atoms with Gasteiger partial charge in [-0.3, -0.25) is 10.4 Å². The van der Waals surface area contributed by atoms with E-state index in [0.717, 1.165) is 28.2 Å². The number of hydrogen-bond acceptors (Lipinski definition) is 7. The van der Waals surface area contributed by atoms with E-state index in [0.29, 0.717) is 11.6 Å². The summed E-state index contributed by atoms with van der Waals surface area (Å²) in [5.41, 5.74) is 4.00. The molecule has 42 heavy (non-hydrogen) atoms. The van der Waals surface area contributed by atoms with Gasteiger partial charge in [0, 0.05) is 37.0 Å². The summed E-state index contributed by atoms with van der Waals surface area (Å²) in [7, 11) is 3.96. The summed E-state index contributed by atoms with van der Waals surface area (Å²) in [6, 6.07) is 29.5. The fourth-order valence-electron chi connectivity index (χ4n) is 3.62. The molecule has 0 fully saturated rings. The third kappa shape index (κ3) is 10.7. The Bertz CT molecular complexity index is 1340. The molecule has 0 radical (unpaired) electrons. The van der Waals surface area contributed by atoms with Gasteiger partial charge in [0.2, 0.25) is 0 Å². The molecule has 2 aromatic heterocycles. The van der Waals surface area contributed by atoms with Gasteiger partial charge >= 0.3 is 26.2 Å². The van der Waals surface area contributed by atoms with E-state index in [-0.39, 0.29) is 46.6 Å². The van der Waals surface area contributed by atoms with E-state index in [1.54, 1.807) is 6.07 Å². The van der Waals surface area contributed by atoms with Crippen molar-refractivity contribution in [1.29, 1.82) is 0 Å². The maximum Gasteiger partial charge on any atom is 2.00 e. The van der Waals surface area contributed by atoms with E-state index < -0.39 is 5.54 Å². The molecule has 4 rings (SSSR count). The van der Waals surface area contributed by atoms with Crippen LogP contribution in [-0.2, 0) is 26.2 Å². The molecular weight excluding hydrogens is 602 g/mol. The van der Waals surface area contributed by atoms with Crippen LogP contribution in [0.15, 0.2) is 91.0 Å². The van der Waals surface area contributed by atoms with Gasteiger partial charge in [-0.15, -0.1) is 0 Å². The fourth-order valence-corrected chi connectivity index (χ4v) is 3.62.